The smallest absolute Gasteiger partial charge is 0.319 e. The van der Waals surface area contributed by atoms with E-state index in [1.165, 1.54) is 4.31 Å². The fraction of sp³-hybridized carbons (Fsp3) is 1.00. The van der Waals surface area contributed by atoms with Crippen molar-refractivity contribution in [1.29, 1.82) is 0 Å². The van der Waals surface area contributed by atoms with Crippen molar-refractivity contribution < 1.29 is 21.6 Å². The molecule has 1 fully saturated rings. The molecule has 0 saturated carbocycles. The van der Waals surface area contributed by atoms with Crippen LogP contribution in [0.4, 0.5) is 13.2 Å². The number of nitrogens with zero attached hydrogens (tertiary/aromatic N) is 1. The highest BCUT2D eigenvalue weighted by molar-refractivity contribution is 7.89. The van der Waals surface area contributed by atoms with Gasteiger partial charge < -0.3 is 5.32 Å². The molecule has 1 rings (SSSR count). The Morgan fingerprint density at radius 1 is 1.39 bits per heavy atom. The van der Waals surface area contributed by atoms with Gasteiger partial charge in [-0.15, -0.1) is 0 Å². The van der Waals surface area contributed by atoms with E-state index in [4.69, 9.17) is 0 Å². The predicted molar refractivity (Wildman–Crippen MR) is 62.7 cm³/mol. The Bertz CT molecular complexity index is 357. The van der Waals surface area contributed by atoms with Gasteiger partial charge in [0.1, 0.15) is 0 Å². The molecule has 1 aliphatic rings. The summed E-state index contributed by atoms with van der Waals surface area (Å²) in [7, 11) is -1.74. The highest BCUT2D eigenvalue weighted by atomic mass is 32.2. The molecule has 0 radical (unpaired) electrons. The summed E-state index contributed by atoms with van der Waals surface area (Å²) >= 11 is 0. The zero-order valence-electron chi connectivity index (χ0n) is 10.3. The van der Waals surface area contributed by atoms with Crippen molar-refractivity contribution in [2.24, 2.45) is 5.92 Å². The van der Waals surface area contributed by atoms with Crippen molar-refractivity contribution >= 4 is 10.0 Å². The van der Waals surface area contributed by atoms with Crippen LogP contribution in [0.25, 0.3) is 0 Å². The third-order valence-corrected chi connectivity index (χ3v) is 4.92. The molecule has 18 heavy (non-hydrogen) atoms. The van der Waals surface area contributed by atoms with E-state index >= 15 is 0 Å². The molecule has 0 aromatic carbocycles. The first-order valence-corrected chi connectivity index (χ1v) is 7.55. The van der Waals surface area contributed by atoms with Crippen molar-refractivity contribution in [1.82, 2.24) is 9.62 Å². The van der Waals surface area contributed by atoms with E-state index in [2.05, 4.69) is 5.32 Å². The van der Waals surface area contributed by atoms with Crippen LogP contribution < -0.4 is 5.32 Å². The molecule has 1 N–H and O–H groups in total. The van der Waals surface area contributed by atoms with E-state index in [9.17, 15) is 21.6 Å². The average molecular weight is 288 g/mol. The molecule has 4 nitrogen and oxygen atoms in total. The van der Waals surface area contributed by atoms with Crippen molar-refractivity contribution in [3.63, 3.8) is 0 Å². The number of hydrogen-bond acceptors (Lipinski definition) is 3. The molecule has 0 amide bonds. The predicted octanol–water partition coefficient (Wildman–Crippen LogP) is 1.20. The molecule has 0 aromatic heterocycles. The van der Waals surface area contributed by atoms with Gasteiger partial charge in [0.05, 0.1) is 5.75 Å². The fourth-order valence-corrected chi connectivity index (χ4v) is 3.68. The van der Waals surface area contributed by atoms with Crippen molar-refractivity contribution in [3.8, 4) is 0 Å². The molecular weight excluding hydrogens is 269 g/mol. The van der Waals surface area contributed by atoms with Gasteiger partial charge in [-0.3, -0.25) is 0 Å². The maximum absolute atomic E-state index is 12.0. The van der Waals surface area contributed by atoms with E-state index in [1.807, 2.05) is 0 Å². The Kier molecular flexibility index (Phi) is 5.42. The van der Waals surface area contributed by atoms with Crippen LogP contribution in [0.1, 0.15) is 19.3 Å². The maximum atomic E-state index is 12.0. The van der Waals surface area contributed by atoms with Gasteiger partial charge in [-0.1, -0.05) is 0 Å². The summed E-state index contributed by atoms with van der Waals surface area (Å²) in [4.78, 5) is 0. The second-order valence-corrected chi connectivity index (χ2v) is 6.69. The molecule has 1 heterocycles. The Morgan fingerprint density at radius 3 is 2.61 bits per heavy atom. The molecule has 0 bridgehead atoms. The largest absolute Gasteiger partial charge is 0.389 e. The summed E-state index contributed by atoms with van der Waals surface area (Å²) in [5, 5.41) is 2.97. The first-order chi connectivity index (χ1) is 8.24. The van der Waals surface area contributed by atoms with Gasteiger partial charge in [-0.05, 0) is 32.4 Å². The molecule has 1 atom stereocenters. The van der Waals surface area contributed by atoms with Gasteiger partial charge in [-0.25, -0.2) is 12.7 Å². The minimum atomic E-state index is -4.28. The zero-order valence-corrected chi connectivity index (χ0v) is 11.1. The van der Waals surface area contributed by atoms with Gasteiger partial charge in [0.25, 0.3) is 0 Å². The first kappa shape index (κ1) is 15.7. The van der Waals surface area contributed by atoms with Crippen LogP contribution in [0.15, 0.2) is 0 Å². The Morgan fingerprint density at radius 2 is 2.06 bits per heavy atom. The lowest BCUT2D eigenvalue weighted by atomic mass is 10.1. The second-order valence-electron chi connectivity index (χ2n) is 4.61. The molecule has 0 spiro atoms. The average Bonchev–Trinajstić information content (AvgIpc) is 2.65. The van der Waals surface area contributed by atoms with Crippen molar-refractivity contribution in [2.75, 3.05) is 32.4 Å². The molecular formula is C10H19F3N2O2S. The number of halogens is 3. The minimum absolute atomic E-state index is 0.257. The second kappa shape index (κ2) is 6.21. The van der Waals surface area contributed by atoms with Gasteiger partial charge in [0.15, 0.2) is 0 Å². The molecule has 1 aliphatic heterocycles. The summed E-state index contributed by atoms with van der Waals surface area (Å²) in [6.45, 7) is 1.56. The SMILES string of the molecule is CNCC1CCN(S(=O)(=O)CCCC(F)(F)F)C1. The third kappa shape index (κ3) is 5.11. The molecule has 0 aromatic rings. The van der Waals surface area contributed by atoms with E-state index in [-0.39, 0.29) is 12.3 Å². The van der Waals surface area contributed by atoms with Crippen LogP contribution in [0.2, 0.25) is 0 Å². The number of hydrogen-bond donors (Lipinski definition) is 1. The lowest BCUT2D eigenvalue weighted by Gasteiger charge is -2.16. The van der Waals surface area contributed by atoms with Crippen molar-refractivity contribution in [3.05, 3.63) is 0 Å². The van der Waals surface area contributed by atoms with Gasteiger partial charge in [0, 0.05) is 19.5 Å². The van der Waals surface area contributed by atoms with Crippen LogP contribution in [0, 0.1) is 5.92 Å². The monoisotopic (exact) mass is 288 g/mol. The van der Waals surface area contributed by atoms with E-state index in [0.717, 1.165) is 13.0 Å². The van der Waals surface area contributed by atoms with Gasteiger partial charge >= 0.3 is 6.18 Å². The normalized spacial score (nSPS) is 22.6. The van der Waals surface area contributed by atoms with Crippen molar-refractivity contribution in [2.45, 2.75) is 25.4 Å². The van der Waals surface area contributed by atoms with Crippen LogP contribution in [0.3, 0.4) is 0 Å². The summed E-state index contributed by atoms with van der Waals surface area (Å²) in [5.74, 6) is -0.161. The van der Waals surface area contributed by atoms with Crippen LogP contribution >= 0.6 is 0 Å². The summed E-state index contributed by atoms with van der Waals surface area (Å²) in [6.07, 6.45) is -4.92. The van der Waals surface area contributed by atoms with Crippen LogP contribution in [-0.4, -0.2) is 51.3 Å². The lowest BCUT2D eigenvalue weighted by molar-refractivity contribution is -0.134. The van der Waals surface area contributed by atoms with E-state index < -0.39 is 28.4 Å². The van der Waals surface area contributed by atoms with E-state index in [1.54, 1.807) is 7.05 Å². The van der Waals surface area contributed by atoms with Crippen LogP contribution in [0.5, 0.6) is 0 Å². The third-order valence-electron chi connectivity index (χ3n) is 3.00. The summed E-state index contributed by atoms with van der Waals surface area (Å²) in [6, 6.07) is 0. The van der Waals surface area contributed by atoms with Gasteiger partial charge in [-0.2, -0.15) is 13.2 Å². The molecule has 1 saturated heterocycles. The van der Waals surface area contributed by atoms with Gasteiger partial charge in [0.2, 0.25) is 10.0 Å². The highest BCUT2D eigenvalue weighted by Gasteiger charge is 2.32. The lowest BCUT2D eigenvalue weighted by Crippen LogP contribution is -2.32. The maximum Gasteiger partial charge on any atom is 0.389 e. The fourth-order valence-electron chi connectivity index (χ4n) is 2.09. The highest BCUT2D eigenvalue weighted by Crippen LogP contribution is 2.24. The summed E-state index contributed by atoms with van der Waals surface area (Å²) in [5.41, 5.74) is 0. The number of nitrogens with one attached hydrogen (secondary N) is 1. The summed E-state index contributed by atoms with van der Waals surface area (Å²) < 4.78 is 60.8. The molecule has 108 valence electrons. The molecule has 0 aliphatic carbocycles. The van der Waals surface area contributed by atoms with E-state index in [0.29, 0.717) is 13.1 Å². The molecule has 8 heteroatoms. The Labute approximate surface area is 106 Å². The van der Waals surface area contributed by atoms with Crippen LogP contribution in [-0.2, 0) is 10.0 Å². The Balaban J connectivity index is 2.40. The quantitative estimate of drug-likeness (QED) is 0.799. The zero-order chi connectivity index (χ0) is 13.8. The first-order valence-electron chi connectivity index (χ1n) is 5.94. The number of alkyl halides is 3. The number of rotatable bonds is 6. The topological polar surface area (TPSA) is 49.4 Å². The Hall–Kier alpha value is -0.340. The molecule has 1 unspecified atom stereocenters. The standard InChI is InChI=1S/C10H19F3N2O2S/c1-14-7-9-3-5-15(8-9)18(16,17)6-2-4-10(11,12)13/h9,14H,2-8H2,1H3. The number of sulfonamides is 1. The minimum Gasteiger partial charge on any atom is -0.319 e.